The van der Waals surface area contributed by atoms with Crippen molar-refractivity contribution in [2.24, 2.45) is 0 Å². The zero-order chi connectivity index (χ0) is 12.0. The van der Waals surface area contributed by atoms with Crippen LogP contribution in [-0.2, 0) is 0 Å². The summed E-state index contributed by atoms with van der Waals surface area (Å²) in [4.78, 5) is 8.17. The van der Waals surface area contributed by atoms with E-state index in [9.17, 15) is 0 Å². The summed E-state index contributed by atoms with van der Waals surface area (Å²) in [6.45, 7) is 1.79. The summed E-state index contributed by atoms with van der Waals surface area (Å²) < 4.78 is 6.33. The molecule has 0 unspecified atom stereocenters. The predicted octanol–water partition coefficient (Wildman–Crippen LogP) is 2.39. The van der Waals surface area contributed by atoms with Crippen molar-refractivity contribution in [3.05, 3.63) is 28.2 Å². The summed E-state index contributed by atoms with van der Waals surface area (Å²) in [5.74, 6) is 1.38. The van der Waals surface area contributed by atoms with Crippen LogP contribution in [-0.4, -0.2) is 24.7 Å². The van der Waals surface area contributed by atoms with Crippen molar-refractivity contribution in [1.82, 2.24) is 24.7 Å². The minimum Gasteiger partial charge on any atom is -0.361 e. The van der Waals surface area contributed by atoms with Crippen molar-refractivity contribution in [2.45, 2.75) is 6.92 Å². The van der Waals surface area contributed by atoms with Gasteiger partial charge in [-0.15, -0.1) is 5.10 Å². The third-order valence-corrected chi connectivity index (χ3v) is 2.56. The fraction of sp³-hybridized carbons (Fsp3) is 0.111. The van der Waals surface area contributed by atoms with Gasteiger partial charge in [0.1, 0.15) is 16.1 Å². The van der Waals surface area contributed by atoms with E-state index in [1.807, 2.05) is 0 Å². The Kier molecular flexibility index (Phi) is 2.27. The van der Waals surface area contributed by atoms with Gasteiger partial charge in [0.15, 0.2) is 5.69 Å². The largest absolute Gasteiger partial charge is 0.361 e. The molecule has 8 heteroatoms. The molecule has 0 spiro atoms. The second-order valence-electron chi connectivity index (χ2n) is 3.37. The van der Waals surface area contributed by atoms with Gasteiger partial charge in [0.25, 0.3) is 5.78 Å². The fourth-order valence-electron chi connectivity index (χ4n) is 1.39. The van der Waals surface area contributed by atoms with E-state index in [0.717, 1.165) is 0 Å². The molecule has 86 valence electrons. The van der Waals surface area contributed by atoms with Gasteiger partial charge in [-0.25, -0.2) is 0 Å². The first kappa shape index (κ1) is 10.5. The van der Waals surface area contributed by atoms with Crippen molar-refractivity contribution < 1.29 is 4.52 Å². The van der Waals surface area contributed by atoms with Gasteiger partial charge >= 0.3 is 0 Å². The summed E-state index contributed by atoms with van der Waals surface area (Å²) in [6.07, 6.45) is 0. The number of rotatable bonds is 1. The van der Waals surface area contributed by atoms with E-state index in [-0.39, 0.29) is 5.15 Å². The minimum atomic E-state index is 0.262. The Morgan fingerprint density at radius 2 is 2.06 bits per heavy atom. The Morgan fingerprint density at radius 3 is 2.76 bits per heavy atom. The molecule has 0 saturated carbocycles. The molecular weight excluding hydrogens is 265 g/mol. The topological polar surface area (TPSA) is 69.1 Å². The van der Waals surface area contributed by atoms with Gasteiger partial charge in [-0.2, -0.15) is 14.5 Å². The molecule has 0 aliphatic heterocycles. The standard InChI is InChI=1S/C9H5Cl2N5O/c1-4-2-5(15-17-4)8-13-9-12-6(10)3-7(11)16(9)14-8/h2-3H,1H3. The predicted molar refractivity (Wildman–Crippen MR) is 61.0 cm³/mol. The van der Waals surface area contributed by atoms with Gasteiger partial charge in [-0.05, 0) is 6.92 Å². The summed E-state index contributed by atoms with van der Waals surface area (Å²) in [6, 6.07) is 3.22. The van der Waals surface area contributed by atoms with Crippen molar-refractivity contribution in [2.75, 3.05) is 0 Å². The van der Waals surface area contributed by atoms with Gasteiger partial charge < -0.3 is 4.52 Å². The fourth-order valence-corrected chi connectivity index (χ4v) is 1.84. The third-order valence-electron chi connectivity index (χ3n) is 2.09. The lowest BCUT2D eigenvalue weighted by atomic mass is 10.4. The summed E-state index contributed by atoms with van der Waals surface area (Å²) in [5, 5.41) is 8.58. The Balaban J connectivity index is 2.23. The molecule has 0 N–H and O–H groups in total. The molecule has 0 aliphatic rings. The molecule has 0 amide bonds. The van der Waals surface area contributed by atoms with E-state index in [2.05, 4.69) is 20.2 Å². The number of halogens is 2. The quantitative estimate of drug-likeness (QED) is 0.635. The van der Waals surface area contributed by atoms with Crippen LogP contribution in [0, 0.1) is 6.92 Å². The molecule has 0 bridgehead atoms. The highest BCUT2D eigenvalue weighted by Crippen LogP contribution is 2.19. The van der Waals surface area contributed by atoms with E-state index in [1.165, 1.54) is 10.6 Å². The molecule has 0 aliphatic carbocycles. The second kappa shape index (κ2) is 3.68. The van der Waals surface area contributed by atoms with Crippen LogP contribution in [0.1, 0.15) is 5.76 Å². The molecule has 3 heterocycles. The van der Waals surface area contributed by atoms with Gasteiger partial charge in [0.2, 0.25) is 5.82 Å². The van der Waals surface area contributed by atoms with Crippen molar-refractivity contribution in [3.8, 4) is 11.5 Å². The average molecular weight is 270 g/mol. The number of fused-ring (bicyclic) bond motifs is 1. The first-order chi connectivity index (χ1) is 8.13. The van der Waals surface area contributed by atoms with Crippen LogP contribution < -0.4 is 0 Å². The highest BCUT2D eigenvalue weighted by molar-refractivity contribution is 6.33. The number of aromatic nitrogens is 5. The molecule has 3 rings (SSSR count). The number of aryl methyl sites for hydroxylation is 1. The van der Waals surface area contributed by atoms with E-state index in [0.29, 0.717) is 28.2 Å². The summed E-state index contributed by atoms with van der Waals surface area (Å²) >= 11 is 11.7. The monoisotopic (exact) mass is 269 g/mol. The number of hydrogen-bond donors (Lipinski definition) is 0. The Labute approximate surface area is 105 Å². The molecule has 17 heavy (non-hydrogen) atoms. The van der Waals surface area contributed by atoms with Gasteiger partial charge in [-0.1, -0.05) is 28.4 Å². The molecule has 0 aromatic carbocycles. The SMILES string of the molecule is Cc1cc(-c2nc3nc(Cl)cc(Cl)n3n2)no1. The number of hydrogen-bond acceptors (Lipinski definition) is 5. The molecule has 6 nitrogen and oxygen atoms in total. The van der Waals surface area contributed by atoms with Crippen molar-refractivity contribution in [1.29, 1.82) is 0 Å². The highest BCUT2D eigenvalue weighted by atomic mass is 35.5. The molecule has 0 atom stereocenters. The maximum absolute atomic E-state index is 5.96. The van der Waals surface area contributed by atoms with Gasteiger partial charge in [0, 0.05) is 12.1 Å². The Hall–Kier alpha value is -1.66. The molecule has 3 aromatic rings. The van der Waals surface area contributed by atoms with E-state index in [4.69, 9.17) is 27.7 Å². The van der Waals surface area contributed by atoms with Crippen molar-refractivity contribution >= 4 is 29.0 Å². The van der Waals surface area contributed by atoms with Crippen LogP contribution >= 0.6 is 23.2 Å². The lowest BCUT2D eigenvalue weighted by Crippen LogP contribution is -1.92. The van der Waals surface area contributed by atoms with Gasteiger partial charge in [-0.3, -0.25) is 0 Å². The first-order valence-corrected chi connectivity index (χ1v) is 5.41. The summed E-state index contributed by atoms with van der Waals surface area (Å²) in [7, 11) is 0. The Bertz CT molecular complexity index is 705. The highest BCUT2D eigenvalue weighted by Gasteiger charge is 2.13. The molecular formula is C9H5Cl2N5O. The summed E-state index contributed by atoms with van der Waals surface area (Å²) in [5.41, 5.74) is 0.528. The minimum absolute atomic E-state index is 0.262. The van der Waals surface area contributed by atoms with Crippen LogP contribution in [0.5, 0.6) is 0 Å². The molecule has 0 fully saturated rings. The molecule has 0 saturated heterocycles. The van der Waals surface area contributed by atoms with Crippen LogP contribution in [0.3, 0.4) is 0 Å². The molecule has 3 aromatic heterocycles. The van der Waals surface area contributed by atoms with E-state index >= 15 is 0 Å². The van der Waals surface area contributed by atoms with Crippen LogP contribution in [0.2, 0.25) is 10.3 Å². The Morgan fingerprint density at radius 1 is 1.24 bits per heavy atom. The van der Waals surface area contributed by atoms with E-state index < -0.39 is 0 Å². The molecule has 0 radical (unpaired) electrons. The number of nitrogens with zero attached hydrogens (tertiary/aromatic N) is 5. The average Bonchev–Trinajstić information content (AvgIpc) is 2.83. The zero-order valence-electron chi connectivity index (χ0n) is 8.55. The maximum atomic E-state index is 5.96. The normalized spacial score (nSPS) is 11.2. The van der Waals surface area contributed by atoms with Crippen LogP contribution in [0.4, 0.5) is 0 Å². The lowest BCUT2D eigenvalue weighted by Gasteiger charge is -1.93. The lowest BCUT2D eigenvalue weighted by molar-refractivity contribution is 0.399. The van der Waals surface area contributed by atoms with Crippen LogP contribution in [0.15, 0.2) is 16.7 Å². The maximum Gasteiger partial charge on any atom is 0.255 e. The smallest absolute Gasteiger partial charge is 0.255 e. The van der Waals surface area contributed by atoms with Crippen LogP contribution in [0.25, 0.3) is 17.3 Å². The van der Waals surface area contributed by atoms with Crippen molar-refractivity contribution in [3.63, 3.8) is 0 Å². The first-order valence-electron chi connectivity index (χ1n) is 4.66. The van der Waals surface area contributed by atoms with Gasteiger partial charge in [0.05, 0.1) is 0 Å². The van der Waals surface area contributed by atoms with E-state index in [1.54, 1.807) is 13.0 Å². The second-order valence-corrected chi connectivity index (χ2v) is 4.15. The zero-order valence-corrected chi connectivity index (χ0v) is 10.1. The third kappa shape index (κ3) is 1.75.